The quantitative estimate of drug-likeness (QED) is 0.627. The second kappa shape index (κ2) is 4.70. The number of methoxy groups -OCH3 is 1. The van der Waals surface area contributed by atoms with Gasteiger partial charge in [0.05, 0.1) is 19.2 Å². The minimum atomic E-state index is 0.630. The van der Waals surface area contributed by atoms with E-state index >= 15 is 0 Å². The third kappa shape index (κ3) is 1.79. The van der Waals surface area contributed by atoms with Gasteiger partial charge in [-0.05, 0) is 23.7 Å². The summed E-state index contributed by atoms with van der Waals surface area (Å²) in [6.07, 6.45) is 1.61. The van der Waals surface area contributed by atoms with Gasteiger partial charge in [0, 0.05) is 13.1 Å². The lowest BCUT2D eigenvalue weighted by molar-refractivity contribution is -0.674. The molecule has 1 aromatic heterocycles. The predicted molar refractivity (Wildman–Crippen MR) is 75.2 cm³/mol. The Bertz CT molecular complexity index is 651. The van der Waals surface area contributed by atoms with Crippen molar-refractivity contribution in [1.82, 2.24) is 9.67 Å². The van der Waals surface area contributed by atoms with Crippen LogP contribution in [-0.4, -0.2) is 23.8 Å². The molecule has 0 bridgehead atoms. The van der Waals surface area contributed by atoms with Gasteiger partial charge in [0.15, 0.2) is 5.69 Å². The van der Waals surface area contributed by atoms with E-state index in [2.05, 4.69) is 16.9 Å². The zero-order valence-corrected chi connectivity index (χ0v) is 12.0. The highest BCUT2D eigenvalue weighted by Gasteiger charge is 2.31. The maximum absolute atomic E-state index is 12.0. The first kappa shape index (κ1) is 12.8. The number of nitrogens with zero attached hydrogens (tertiary/aromatic N) is 4. The Kier molecular flexibility index (Phi) is 3.00. The zero-order chi connectivity index (χ0) is 14.3. The van der Waals surface area contributed by atoms with Gasteiger partial charge in [0.25, 0.3) is 11.6 Å². The lowest BCUT2D eigenvalue weighted by atomic mass is 10.2. The van der Waals surface area contributed by atoms with Crippen molar-refractivity contribution in [3.63, 3.8) is 0 Å². The Morgan fingerprint density at radius 3 is 2.90 bits per heavy atom. The van der Waals surface area contributed by atoms with Crippen LogP contribution in [0.3, 0.4) is 0 Å². The normalized spacial score (nSPS) is 13.1. The number of hydrogen-bond donors (Lipinski definition) is 0. The molecule has 0 aliphatic carbocycles. The van der Waals surface area contributed by atoms with E-state index in [1.54, 1.807) is 7.11 Å². The minimum absolute atomic E-state index is 0.630. The highest BCUT2D eigenvalue weighted by atomic mass is 16.5. The summed E-state index contributed by atoms with van der Waals surface area (Å²) < 4.78 is 7.27. The molecule has 0 radical (unpaired) electrons. The summed E-state index contributed by atoms with van der Waals surface area (Å²) in [7, 11) is 3.64. The number of hydrogen-bond acceptors (Lipinski definition) is 4. The Morgan fingerprint density at radius 2 is 2.20 bits per heavy atom. The SMILES string of the molecule is CCCc1n2c(n[n+]1[O-])CN(C)c1ccc(OC)cc1-2. The third-order valence-corrected chi connectivity index (χ3v) is 3.63. The van der Waals surface area contributed by atoms with Crippen LogP contribution in [0, 0.1) is 5.21 Å². The summed E-state index contributed by atoms with van der Waals surface area (Å²) in [5.41, 5.74) is 2.03. The van der Waals surface area contributed by atoms with Crippen LogP contribution in [-0.2, 0) is 13.0 Å². The molecule has 0 fully saturated rings. The molecule has 1 aliphatic heterocycles. The van der Waals surface area contributed by atoms with Crippen LogP contribution < -0.4 is 14.5 Å². The van der Waals surface area contributed by atoms with Gasteiger partial charge >= 0.3 is 0 Å². The molecule has 106 valence electrons. The van der Waals surface area contributed by atoms with E-state index in [4.69, 9.17) is 4.74 Å². The van der Waals surface area contributed by atoms with Gasteiger partial charge in [-0.15, -0.1) is 4.85 Å². The second-order valence-corrected chi connectivity index (χ2v) is 5.00. The molecule has 3 rings (SSSR count). The molecular formula is C14H18N4O2. The Hall–Kier alpha value is -2.24. The fraction of sp³-hybridized carbons (Fsp3) is 0.429. The molecule has 1 aromatic carbocycles. The van der Waals surface area contributed by atoms with Crippen LogP contribution >= 0.6 is 0 Å². The van der Waals surface area contributed by atoms with Crippen molar-refractivity contribution in [2.45, 2.75) is 26.3 Å². The highest BCUT2D eigenvalue weighted by Crippen LogP contribution is 2.33. The van der Waals surface area contributed by atoms with Crippen LogP contribution in [0.25, 0.3) is 5.69 Å². The van der Waals surface area contributed by atoms with Crippen LogP contribution in [0.2, 0.25) is 0 Å². The van der Waals surface area contributed by atoms with Crippen molar-refractivity contribution in [2.75, 3.05) is 19.1 Å². The topological polar surface area (TPSA) is 57.2 Å². The van der Waals surface area contributed by atoms with Crippen LogP contribution in [0.4, 0.5) is 5.69 Å². The van der Waals surface area contributed by atoms with Crippen molar-refractivity contribution in [3.8, 4) is 11.4 Å². The summed E-state index contributed by atoms with van der Waals surface area (Å²) in [6.45, 7) is 2.69. The molecule has 0 unspecified atom stereocenters. The number of ether oxygens (including phenoxy) is 1. The van der Waals surface area contributed by atoms with Gasteiger partial charge in [-0.1, -0.05) is 6.92 Å². The molecule has 0 atom stereocenters. The Labute approximate surface area is 117 Å². The Morgan fingerprint density at radius 1 is 1.40 bits per heavy atom. The lowest BCUT2D eigenvalue weighted by Crippen LogP contribution is -2.33. The van der Waals surface area contributed by atoms with Crippen LogP contribution in [0.5, 0.6) is 5.75 Å². The van der Waals surface area contributed by atoms with Crippen molar-refractivity contribution in [3.05, 3.63) is 35.1 Å². The average molecular weight is 274 g/mol. The van der Waals surface area contributed by atoms with Crippen LogP contribution in [0.15, 0.2) is 18.2 Å². The summed E-state index contributed by atoms with van der Waals surface area (Å²) >= 11 is 0. The molecule has 0 saturated heterocycles. The largest absolute Gasteiger partial charge is 0.691 e. The van der Waals surface area contributed by atoms with Crippen molar-refractivity contribution < 1.29 is 9.58 Å². The van der Waals surface area contributed by atoms with E-state index in [0.29, 0.717) is 18.8 Å². The van der Waals surface area contributed by atoms with Gasteiger partial charge in [-0.2, -0.15) is 4.57 Å². The maximum atomic E-state index is 12.0. The zero-order valence-electron chi connectivity index (χ0n) is 12.0. The van der Waals surface area contributed by atoms with E-state index in [1.165, 1.54) is 0 Å². The van der Waals surface area contributed by atoms with Crippen molar-refractivity contribution in [1.29, 1.82) is 0 Å². The van der Waals surface area contributed by atoms with E-state index in [0.717, 1.165) is 34.2 Å². The first-order valence-electron chi connectivity index (χ1n) is 6.75. The molecule has 2 aromatic rings. The molecule has 0 amide bonds. The molecule has 0 N–H and O–H groups in total. The van der Waals surface area contributed by atoms with Gasteiger partial charge in [-0.25, -0.2) is 0 Å². The van der Waals surface area contributed by atoms with E-state index in [9.17, 15) is 5.21 Å². The van der Waals surface area contributed by atoms with E-state index in [-0.39, 0.29) is 0 Å². The molecular weight excluding hydrogens is 256 g/mol. The number of rotatable bonds is 3. The first-order valence-corrected chi connectivity index (χ1v) is 6.75. The lowest BCUT2D eigenvalue weighted by Gasteiger charge is -2.24. The second-order valence-electron chi connectivity index (χ2n) is 5.00. The number of aromatic nitrogens is 3. The van der Waals surface area contributed by atoms with Crippen molar-refractivity contribution >= 4 is 5.69 Å². The van der Waals surface area contributed by atoms with Gasteiger partial charge in [0.2, 0.25) is 0 Å². The molecule has 0 spiro atoms. The number of benzene rings is 1. The molecule has 0 saturated carbocycles. The van der Waals surface area contributed by atoms with Crippen molar-refractivity contribution in [2.24, 2.45) is 0 Å². The van der Waals surface area contributed by atoms with Crippen LogP contribution in [0.1, 0.15) is 25.0 Å². The summed E-state index contributed by atoms with van der Waals surface area (Å²) in [6, 6.07) is 5.90. The smallest absolute Gasteiger partial charge is 0.287 e. The van der Waals surface area contributed by atoms with Gasteiger partial charge in [-0.3, -0.25) is 0 Å². The predicted octanol–water partition coefficient (Wildman–Crippen LogP) is 1.42. The fourth-order valence-corrected chi connectivity index (χ4v) is 2.68. The number of anilines is 1. The number of fused-ring (bicyclic) bond motifs is 3. The molecule has 6 nitrogen and oxygen atoms in total. The molecule has 2 heterocycles. The monoisotopic (exact) mass is 274 g/mol. The highest BCUT2D eigenvalue weighted by molar-refractivity contribution is 5.67. The molecule has 20 heavy (non-hydrogen) atoms. The Balaban J connectivity index is 2.24. The third-order valence-electron chi connectivity index (χ3n) is 3.63. The summed E-state index contributed by atoms with van der Waals surface area (Å²) in [5, 5.41) is 16.1. The fourth-order valence-electron chi connectivity index (χ4n) is 2.68. The van der Waals surface area contributed by atoms with E-state index < -0.39 is 0 Å². The van der Waals surface area contributed by atoms with E-state index in [1.807, 2.05) is 29.8 Å². The minimum Gasteiger partial charge on any atom is -0.691 e. The first-order chi connectivity index (χ1) is 9.65. The average Bonchev–Trinajstić information content (AvgIpc) is 2.75. The van der Waals surface area contributed by atoms with Gasteiger partial charge in [0.1, 0.15) is 12.3 Å². The molecule has 1 aliphatic rings. The standard InChI is InChI=1S/C14H18N4O2/c1-4-5-14-17-12-8-10(20-3)6-7-11(12)16(2)9-13(17)15-18(14)19/h6-8H,4-5,9H2,1-3H3. The summed E-state index contributed by atoms with van der Waals surface area (Å²) in [4.78, 5) is 2.84. The summed E-state index contributed by atoms with van der Waals surface area (Å²) in [5.74, 6) is 2.23. The molecule has 6 heteroatoms. The maximum Gasteiger partial charge on any atom is 0.287 e. The van der Waals surface area contributed by atoms with Gasteiger partial charge < -0.3 is 14.8 Å².